The van der Waals surface area contributed by atoms with Gasteiger partial charge in [0.05, 0.1) is 18.4 Å². The van der Waals surface area contributed by atoms with Crippen LogP contribution in [0.4, 0.5) is 5.69 Å². The lowest BCUT2D eigenvalue weighted by atomic mass is 10.0. The number of carbonyl (C=O) groups excluding carboxylic acids is 2. The van der Waals surface area contributed by atoms with Gasteiger partial charge in [-0.1, -0.05) is 18.2 Å². The van der Waals surface area contributed by atoms with E-state index in [1.165, 1.54) is 0 Å². The van der Waals surface area contributed by atoms with Gasteiger partial charge < -0.3 is 9.84 Å². The van der Waals surface area contributed by atoms with E-state index in [-0.39, 0.29) is 5.56 Å². The Bertz CT molecular complexity index is 810. The highest BCUT2D eigenvalue weighted by Crippen LogP contribution is 2.33. The van der Waals surface area contributed by atoms with Gasteiger partial charge in [-0.15, -0.1) is 0 Å². The van der Waals surface area contributed by atoms with Crippen LogP contribution >= 0.6 is 0 Å². The van der Waals surface area contributed by atoms with Crippen LogP contribution < -0.4 is 9.64 Å². The second kappa shape index (κ2) is 5.57. The molecule has 0 saturated carbocycles. The molecule has 6 nitrogen and oxygen atoms in total. The van der Waals surface area contributed by atoms with Gasteiger partial charge in [0.25, 0.3) is 11.7 Å². The van der Waals surface area contributed by atoms with E-state index in [4.69, 9.17) is 9.84 Å². The fourth-order valence-corrected chi connectivity index (χ4v) is 2.56. The molecule has 0 unspecified atom stereocenters. The molecule has 0 radical (unpaired) electrons. The third-order valence-corrected chi connectivity index (χ3v) is 3.69. The van der Waals surface area contributed by atoms with Crippen molar-refractivity contribution in [1.82, 2.24) is 0 Å². The maximum absolute atomic E-state index is 12.1. The van der Waals surface area contributed by atoms with E-state index in [0.717, 1.165) is 16.0 Å². The summed E-state index contributed by atoms with van der Waals surface area (Å²) in [4.78, 5) is 35.8. The number of methoxy groups -OCH3 is 1. The number of aliphatic carboxylic acids is 1. The number of benzene rings is 2. The number of carboxylic acids is 1. The molecule has 1 N–H and O–H groups in total. The Morgan fingerprint density at radius 2 is 1.74 bits per heavy atom. The van der Waals surface area contributed by atoms with Crippen LogP contribution in [0.15, 0.2) is 42.5 Å². The molecule has 1 aliphatic rings. The van der Waals surface area contributed by atoms with Crippen molar-refractivity contribution in [1.29, 1.82) is 0 Å². The monoisotopic (exact) mass is 311 g/mol. The number of amides is 1. The van der Waals surface area contributed by atoms with Gasteiger partial charge in [0.1, 0.15) is 12.3 Å². The zero-order valence-electron chi connectivity index (χ0n) is 12.3. The number of carbonyl (C=O) groups is 3. The summed E-state index contributed by atoms with van der Waals surface area (Å²) in [5.41, 5.74) is 2.19. The molecule has 0 fully saturated rings. The molecule has 2 aromatic rings. The summed E-state index contributed by atoms with van der Waals surface area (Å²) in [5, 5.41) is 8.87. The van der Waals surface area contributed by atoms with Gasteiger partial charge in [-0.05, 0) is 35.4 Å². The first kappa shape index (κ1) is 14.8. The molecule has 116 valence electrons. The van der Waals surface area contributed by atoms with Crippen LogP contribution in [0.2, 0.25) is 0 Å². The molecule has 2 aromatic carbocycles. The molecule has 0 aliphatic carbocycles. The number of fused-ring (bicyclic) bond motifs is 1. The van der Waals surface area contributed by atoms with Gasteiger partial charge >= 0.3 is 5.97 Å². The van der Waals surface area contributed by atoms with E-state index < -0.39 is 24.2 Å². The molecule has 23 heavy (non-hydrogen) atoms. The van der Waals surface area contributed by atoms with Crippen molar-refractivity contribution < 1.29 is 24.2 Å². The van der Waals surface area contributed by atoms with Gasteiger partial charge in [0, 0.05) is 0 Å². The largest absolute Gasteiger partial charge is 0.497 e. The van der Waals surface area contributed by atoms with Crippen LogP contribution in [0.25, 0.3) is 11.1 Å². The SMILES string of the molecule is COc1ccc(-c2ccc3c(c2)C(=O)C(=O)N3CC(=O)O)cc1. The summed E-state index contributed by atoms with van der Waals surface area (Å²) in [5.74, 6) is -1.95. The van der Waals surface area contributed by atoms with Crippen molar-refractivity contribution in [3.05, 3.63) is 48.0 Å². The van der Waals surface area contributed by atoms with Crippen LogP contribution in [0.3, 0.4) is 0 Å². The maximum atomic E-state index is 12.1. The summed E-state index contributed by atoms with van der Waals surface area (Å²) in [6.07, 6.45) is 0. The third-order valence-electron chi connectivity index (χ3n) is 3.69. The van der Waals surface area contributed by atoms with Crippen molar-refractivity contribution in [2.24, 2.45) is 0 Å². The highest BCUT2D eigenvalue weighted by atomic mass is 16.5. The first-order valence-electron chi connectivity index (χ1n) is 6.87. The number of hydrogen-bond acceptors (Lipinski definition) is 4. The lowest BCUT2D eigenvalue weighted by molar-refractivity contribution is -0.136. The second-order valence-electron chi connectivity index (χ2n) is 5.07. The molecule has 0 spiro atoms. The number of rotatable bonds is 4. The van der Waals surface area contributed by atoms with Crippen molar-refractivity contribution in [3.8, 4) is 16.9 Å². The Morgan fingerprint density at radius 1 is 1.09 bits per heavy atom. The van der Waals surface area contributed by atoms with Gasteiger partial charge in [-0.25, -0.2) is 0 Å². The van der Waals surface area contributed by atoms with Gasteiger partial charge in [0.15, 0.2) is 0 Å². The maximum Gasteiger partial charge on any atom is 0.323 e. The van der Waals surface area contributed by atoms with Crippen LogP contribution in [0, 0.1) is 0 Å². The molecule has 0 atom stereocenters. The minimum atomic E-state index is -1.17. The van der Waals surface area contributed by atoms with Crippen molar-refractivity contribution in [3.63, 3.8) is 0 Å². The molecule has 1 aliphatic heterocycles. The van der Waals surface area contributed by atoms with Crippen molar-refractivity contribution in [2.75, 3.05) is 18.6 Å². The Morgan fingerprint density at radius 3 is 2.35 bits per heavy atom. The van der Waals surface area contributed by atoms with E-state index in [2.05, 4.69) is 0 Å². The number of ether oxygens (including phenoxy) is 1. The molecule has 0 saturated heterocycles. The second-order valence-corrected chi connectivity index (χ2v) is 5.07. The van der Waals surface area contributed by atoms with Crippen LogP contribution in [-0.4, -0.2) is 36.4 Å². The van der Waals surface area contributed by atoms with Crippen LogP contribution in [0.5, 0.6) is 5.75 Å². The molecule has 1 heterocycles. The van der Waals surface area contributed by atoms with E-state index >= 15 is 0 Å². The minimum Gasteiger partial charge on any atom is -0.497 e. The van der Waals surface area contributed by atoms with Gasteiger partial charge in [0.2, 0.25) is 0 Å². The molecule has 0 aromatic heterocycles. The summed E-state index contributed by atoms with van der Waals surface area (Å²) >= 11 is 0. The number of Topliss-reactive ketones (excluding diaryl/α,β-unsaturated/α-hetero) is 1. The highest BCUT2D eigenvalue weighted by Gasteiger charge is 2.36. The van der Waals surface area contributed by atoms with Crippen LogP contribution in [-0.2, 0) is 9.59 Å². The Balaban J connectivity index is 2.01. The molecule has 1 amide bonds. The fraction of sp³-hybridized carbons (Fsp3) is 0.118. The number of carboxylic acid groups (broad SMARTS) is 1. The fourth-order valence-electron chi connectivity index (χ4n) is 2.56. The van der Waals surface area contributed by atoms with Gasteiger partial charge in [-0.2, -0.15) is 0 Å². The predicted octanol–water partition coefficient (Wildman–Crippen LogP) is 1.98. The molecule has 0 bridgehead atoms. The zero-order chi connectivity index (χ0) is 16.6. The minimum absolute atomic E-state index is 0.226. The smallest absolute Gasteiger partial charge is 0.323 e. The number of anilines is 1. The summed E-state index contributed by atoms with van der Waals surface area (Å²) < 4.78 is 5.10. The average molecular weight is 311 g/mol. The lowest BCUT2D eigenvalue weighted by Crippen LogP contribution is -2.34. The number of hydrogen-bond donors (Lipinski definition) is 1. The van der Waals surface area contributed by atoms with E-state index in [1.807, 2.05) is 12.1 Å². The summed E-state index contributed by atoms with van der Waals surface area (Å²) in [6, 6.07) is 12.2. The summed E-state index contributed by atoms with van der Waals surface area (Å²) in [6.45, 7) is -0.528. The molecule has 3 rings (SSSR count). The molecule has 6 heteroatoms. The van der Waals surface area contributed by atoms with Crippen molar-refractivity contribution >= 4 is 23.3 Å². The van der Waals surface area contributed by atoms with Gasteiger partial charge in [-0.3, -0.25) is 19.3 Å². The summed E-state index contributed by atoms with van der Waals surface area (Å²) in [7, 11) is 1.58. The Kier molecular flexibility index (Phi) is 3.57. The number of ketones is 1. The van der Waals surface area contributed by atoms with E-state index in [1.54, 1.807) is 37.4 Å². The Labute approximate surface area is 131 Å². The van der Waals surface area contributed by atoms with Crippen molar-refractivity contribution in [2.45, 2.75) is 0 Å². The quantitative estimate of drug-likeness (QED) is 0.873. The standard InChI is InChI=1S/C17H13NO5/c1-23-12-5-2-10(3-6-12)11-4-7-14-13(8-11)16(21)17(22)18(14)9-15(19)20/h2-8H,9H2,1H3,(H,19,20). The lowest BCUT2D eigenvalue weighted by Gasteiger charge is -2.13. The van der Waals surface area contributed by atoms with E-state index in [0.29, 0.717) is 11.4 Å². The zero-order valence-corrected chi connectivity index (χ0v) is 12.3. The average Bonchev–Trinajstić information content (AvgIpc) is 2.79. The topological polar surface area (TPSA) is 83.9 Å². The first-order valence-corrected chi connectivity index (χ1v) is 6.87. The van der Waals surface area contributed by atoms with E-state index in [9.17, 15) is 14.4 Å². The highest BCUT2D eigenvalue weighted by molar-refractivity contribution is 6.52. The molecular weight excluding hydrogens is 298 g/mol. The Hall–Kier alpha value is -3.15. The predicted molar refractivity (Wildman–Crippen MR) is 82.7 cm³/mol. The van der Waals surface area contributed by atoms with Crippen LogP contribution in [0.1, 0.15) is 10.4 Å². The third kappa shape index (κ3) is 2.55. The normalized spacial score (nSPS) is 13.2. The molecular formula is C17H13NO5. The number of nitrogens with zero attached hydrogens (tertiary/aromatic N) is 1. The first-order chi connectivity index (χ1) is 11.0.